The van der Waals surface area contributed by atoms with Crippen molar-refractivity contribution in [3.8, 4) is 5.75 Å². The standard InChI is InChI=1S/C12H14F2N2O2/c1-16(15)11(17)12(3-4-12)7-5-9(14)10(18-2)6-8(7)13/h5-6H,3-4,15H2,1-2H3. The van der Waals surface area contributed by atoms with E-state index >= 15 is 0 Å². The summed E-state index contributed by atoms with van der Waals surface area (Å²) in [6.07, 6.45) is 0.937. The SMILES string of the molecule is COc1cc(F)c(C2(C(=O)N(C)N)CC2)cc1F. The third-order valence-electron chi connectivity index (χ3n) is 3.24. The molecule has 0 unspecified atom stereocenters. The summed E-state index contributed by atoms with van der Waals surface area (Å²) in [4.78, 5) is 11.9. The number of halogens is 2. The molecule has 1 saturated carbocycles. The number of likely N-dealkylation sites (N-methyl/N-ethyl adjacent to an activating group) is 1. The molecule has 0 spiro atoms. The molecule has 0 atom stereocenters. The number of nitrogens with zero attached hydrogens (tertiary/aromatic N) is 1. The monoisotopic (exact) mass is 256 g/mol. The summed E-state index contributed by atoms with van der Waals surface area (Å²) in [5.74, 6) is 3.46. The van der Waals surface area contributed by atoms with Crippen molar-refractivity contribution in [3.63, 3.8) is 0 Å². The number of rotatable bonds is 3. The maximum Gasteiger partial charge on any atom is 0.246 e. The third kappa shape index (κ3) is 1.82. The summed E-state index contributed by atoms with van der Waals surface area (Å²) in [6, 6.07) is 1.97. The van der Waals surface area contributed by atoms with E-state index in [1.807, 2.05) is 0 Å². The zero-order chi connectivity index (χ0) is 13.5. The molecule has 2 N–H and O–H groups in total. The van der Waals surface area contributed by atoms with Crippen LogP contribution in [0.3, 0.4) is 0 Å². The Morgan fingerprint density at radius 2 is 2.00 bits per heavy atom. The Morgan fingerprint density at radius 1 is 1.39 bits per heavy atom. The fraction of sp³-hybridized carbons (Fsp3) is 0.417. The molecule has 4 nitrogen and oxygen atoms in total. The Morgan fingerprint density at radius 3 is 2.44 bits per heavy atom. The van der Waals surface area contributed by atoms with Crippen LogP contribution in [0.1, 0.15) is 18.4 Å². The minimum absolute atomic E-state index is 0.0445. The lowest BCUT2D eigenvalue weighted by Crippen LogP contribution is -2.41. The van der Waals surface area contributed by atoms with Gasteiger partial charge in [-0.2, -0.15) is 0 Å². The van der Waals surface area contributed by atoms with Crippen LogP contribution in [0.2, 0.25) is 0 Å². The smallest absolute Gasteiger partial charge is 0.246 e. The van der Waals surface area contributed by atoms with Crippen LogP contribution in [-0.4, -0.2) is 25.1 Å². The highest BCUT2D eigenvalue weighted by molar-refractivity contribution is 5.90. The van der Waals surface area contributed by atoms with Gasteiger partial charge in [0.15, 0.2) is 11.6 Å². The van der Waals surface area contributed by atoms with Crippen molar-refractivity contribution in [3.05, 3.63) is 29.3 Å². The van der Waals surface area contributed by atoms with Crippen molar-refractivity contribution in [2.45, 2.75) is 18.3 Å². The number of hydrazine groups is 1. The van der Waals surface area contributed by atoms with E-state index in [4.69, 9.17) is 5.84 Å². The van der Waals surface area contributed by atoms with Crippen molar-refractivity contribution in [2.75, 3.05) is 14.2 Å². The fourth-order valence-corrected chi connectivity index (χ4v) is 2.11. The van der Waals surface area contributed by atoms with Gasteiger partial charge in [0.25, 0.3) is 0 Å². The fourth-order valence-electron chi connectivity index (χ4n) is 2.11. The second kappa shape index (κ2) is 4.20. The van der Waals surface area contributed by atoms with E-state index in [1.54, 1.807) is 0 Å². The largest absolute Gasteiger partial charge is 0.494 e. The normalized spacial score (nSPS) is 16.3. The third-order valence-corrected chi connectivity index (χ3v) is 3.24. The molecule has 1 fully saturated rings. The molecule has 2 rings (SSSR count). The molecule has 0 aromatic heterocycles. The summed E-state index contributed by atoms with van der Waals surface area (Å²) in [7, 11) is 2.64. The summed E-state index contributed by atoms with van der Waals surface area (Å²) in [5.41, 5.74) is -0.969. The molecule has 1 aromatic rings. The van der Waals surface area contributed by atoms with Crippen LogP contribution in [0.25, 0.3) is 0 Å². The Labute approximate surface area is 103 Å². The molecule has 0 aliphatic heterocycles. The van der Waals surface area contributed by atoms with Gasteiger partial charge in [0.1, 0.15) is 5.82 Å². The zero-order valence-electron chi connectivity index (χ0n) is 10.2. The Bertz CT molecular complexity index is 499. The molecule has 0 saturated heterocycles. The lowest BCUT2D eigenvalue weighted by Gasteiger charge is -2.20. The lowest BCUT2D eigenvalue weighted by molar-refractivity contribution is -0.132. The van der Waals surface area contributed by atoms with Crippen molar-refractivity contribution in [1.29, 1.82) is 0 Å². The van der Waals surface area contributed by atoms with Gasteiger partial charge in [0.2, 0.25) is 5.91 Å². The topological polar surface area (TPSA) is 55.6 Å². The number of benzene rings is 1. The van der Waals surface area contributed by atoms with Crippen LogP contribution in [-0.2, 0) is 10.2 Å². The number of methoxy groups -OCH3 is 1. The van der Waals surface area contributed by atoms with Gasteiger partial charge in [-0.05, 0) is 18.9 Å². The number of amides is 1. The van der Waals surface area contributed by atoms with Gasteiger partial charge in [0.05, 0.1) is 12.5 Å². The van der Waals surface area contributed by atoms with Gasteiger partial charge in [0, 0.05) is 18.7 Å². The van der Waals surface area contributed by atoms with Crippen molar-refractivity contribution in [2.24, 2.45) is 5.84 Å². The van der Waals surface area contributed by atoms with E-state index in [0.29, 0.717) is 12.8 Å². The Balaban J connectivity index is 2.46. The molecule has 1 amide bonds. The first-order valence-corrected chi connectivity index (χ1v) is 5.49. The molecular weight excluding hydrogens is 242 g/mol. The molecule has 1 aromatic carbocycles. The van der Waals surface area contributed by atoms with Crippen LogP contribution < -0.4 is 10.6 Å². The molecule has 1 aliphatic carbocycles. The zero-order valence-corrected chi connectivity index (χ0v) is 10.2. The predicted molar refractivity (Wildman–Crippen MR) is 60.8 cm³/mol. The Hall–Kier alpha value is -1.69. The van der Waals surface area contributed by atoms with Crippen molar-refractivity contribution < 1.29 is 18.3 Å². The molecule has 6 heteroatoms. The maximum absolute atomic E-state index is 13.9. The van der Waals surface area contributed by atoms with E-state index in [9.17, 15) is 13.6 Å². The van der Waals surface area contributed by atoms with Crippen LogP contribution in [0.5, 0.6) is 5.75 Å². The first-order chi connectivity index (χ1) is 8.42. The highest BCUT2D eigenvalue weighted by atomic mass is 19.1. The molecule has 0 radical (unpaired) electrons. The van der Waals surface area contributed by atoms with Gasteiger partial charge in [-0.15, -0.1) is 0 Å². The maximum atomic E-state index is 13.9. The quantitative estimate of drug-likeness (QED) is 0.504. The summed E-state index contributed by atoms with van der Waals surface area (Å²) >= 11 is 0. The second-order valence-corrected chi connectivity index (χ2v) is 4.46. The molecule has 0 bridgehead atoms. The second-order valence-electron chi connectivity index (χ2n) is 4.46. The number of hydrogen-bond acceptors (Lipinski definition) is 3. The minimum Gasteiger partial charge on any atom is -0.494 e. The minimum atomic E-state index is -1.01. The number of carbonyl (C=O) groups excluding carboxylic acids is 1. The van der Waals surface area contributed by atoms with Gasteiger partial charge < -0.3 is 4.74 Å². The summed E-state index contributed by atoms with van der Waals surface area (Å²) in [6.45, 7) is 0. The molecule has 18 heavy (non-hydrogen) atoms. The van der Waals surface area contributed by atoms with E-state index in [-0.39, 0.29) is 11.3 Å². The number of ether oxygens (including phenoxy) is 1. The van der Waals surface area contributed by atoms with Crippen molar-refractivity contribution in [1.82, 2.24) is 5.01 Å². The highest BCUT2D eigenvalue weighted by Gasteiger charge is 2.54. The van der Waals surface area contributed by atoms with Gasteiger partial charge in [-0.1, -0.05) is 0 Å². The van der Waals surface area contributed by atoms with Crippen LogP contribution >= 0.6 is 0 Å². The predicted octanol–water partition coefficient (Wildman–Crippen LogP) is 1.34. The number of carbonyl (C=O) groups is 1. The van der Waals surface area contributed by atoms with E-state index in [1.165, 1.54) is 14.2 Å². The Kier molecular flexibility index (Phi) is 2.98. The van der Waals surface area contributed by atoms with Gasteiger partial charge in [-0.25, -0.2) is 14.6 Å². The van der Waals surface area contributed by atoms with Crippen molar-refractivity contribution >= 4 is 5.91 Å². The van der Waals surface area contributed by atoms with Crippen LogP contribution in [0.15, 0.2) is 12.1 Å². The number of nitrogens with two attached hydrogens (primary N) is 1. The van der Waals surface area contributed by atoms with E-state index < -0.39 is 23.0 Å². The molecule has 98 valence electrons. The summed E-state index contributed by atoms with van der Waals surface area (Å²) in [5, 5.41) is 0.911. The van der Waals surface area contributed by atoms with Crippen LogP contribution in [0.4, 0.5) is 8.78 Å². The van der Waals surface area contributed by atoms with E-state index in [0.717, 1.165) is 17.1 Å². The molecule has 0 heterocycles. The highest BCUT2D eigenvalue weighted by Crippen LogP contribution is 2.50. The lowest BCUT2D eigenvalue weighted by atomic mass is 9.94. The molecule has 1 aliphatic rings. The first kappa shape index (κ1) is 12.8. The average Bonchev–Trinajstić information content (AvgIpc) is 3.11. The average molecular weight is 256 g/mol. The van der Waals surface area contributed by atoms with Gasteiger partial charge >= 0.3 is 0 Å². The molecular formula is C12H14F2N2O2. The first-order valence-electron chi connectivity index (χ1n) is 5.49. The van der Waals surface area contributed by atoms with Crippen LogP contribution in [0, 0.1) is 11.6 Å². The van der Waals surface area contributed by atoms with E-state index in [2.05, 4.69) is 4.74 Å². The van der Waals surface area contributed by atoms with Gasteiger partial charge in [-0.3, -0.25) is 9.80 Å². The number of hydrogen-bond donors (Lipinski definition) is 1. The summed E-state index contributed by atoms with van der Waals surface area (Å²) < 4.78 is 32.2.